The Labute approximate surface area is 127 Å². The van der Waals surface area contributed by atoms with Gasteiger partial charge in [-0.05, 0) is 31.5 Å². The summed E-state index contributed by atoms with van der Waals surface area (Å²) in [6, 6.07) is 4.26. The summed E-state index contributed by atoms with van der Waals surface area (Å²) in [6.45, 7) is 3.54. The van der Waals surface area contributed by atoms with Crippen molar-refractivity contribution < 1.29 is 14.4 Å². The number of hydrogen-bond donors (Lipinski definition) is 3. The molecular formula is C14H16ClN3O3. The fourth-order valence-electron chi connectivity index (χ4n) is 2.17. The number of carbonyl (C=O) groups is 3. The fourth-order valence-corrected chi connectivity index (χ4v) is 2.35. The lowest BCUT2D eigenvalue weighted by Gasteiger charge is -2.28. The lowest BCUT2D eigenvalue weighted by atomic mass is 9.94. The molecule has 1 aromatic carbocycles. The summed E-state index contributed by atoms with van der Waals surface area (Å²) in [7, 11) is 0. The highest BCUT2D eigenvalue weighted by atomic mass is 35.5. The average molecular weight is 310 g/mol. The van der Waals surface area contributed by atoms with Gasteiger partial charge in [0, 0.05) is 23.2 Å². The number of urea groups is 1. The summed E-state index contributed by atoms with van der Waals surface area (Å²) in [4.78, 5) is 35.0. The van der Waals surface area contributed by atoms with Crippen molar-refractivity contribution in [1.29, 1.82) is 0 Å². The van der Waals surface area contributed by atoms with Gasteiger partial charge in [-0.3, -0.25) is 14.9 Å². The summed E-state index contributed by atoms with van der Waals surface area (Å²) in [5, 5.41) is 7.99. The van der Waals surface area contributed by atoms with Crippen LogP contribution in [0, 0.1) is 12.8 Å². The molecule has 4 amide bonds. The molecule has 21 heavy (non-hydrogen) atoms. The second-order valence-electron chi connectivity index (χ2n) is 5.07. The summed E-state index contributed by atoms with van der Waals surface area (Å²) in [5.41, 5.74) is 1.49. The van der Waals surface area contributed by atoms with Gasteiger partial charge >= 0.3 is 6.03 Å². The maximum absolute atomic E-state index is 12.1. The Bertz CT molecular complexity index is 603. The zero-order valence-corrected chi connectivity index (χ0v) is 12.5. The van der Waals surface area contributed by atoms with Crippen molar-refractivity contribution in [2.75, 3.05) is 5.32 Å². The van der Waals surface area contributed by atoms with Crippen molar-refractivity contribution in [2.24, 2.45) is 5.92 Å². The van der Waals surface area contributed by atoms with Crippen LogP contribution in [0.4, 0.5) is 10.5 Å². The van der Waals surface area contributed by atoms with Gasteiger partial charge in [-0.1, -0.05) is 17.7 Å². The third-order valence-electron chi connectivity index (χ3n) is 3.41. The predicted octanol–water partition coefficient (Wildman–Crippen LogP) is 1.82. The molecule has 2 unspecified atom stereocenters. The largest absolute Gasteiger partial charge is 0.335 e. The average Bonchev–Trinajstić information content (AvgIpc) is 2.38. The maximum Gasteiger partial charge on any atom is 0.321 e. The number of hydrogen-bond acceptors (Lipinski definition) is 3. The molecule has 1 aromatic rings. The van der Waals surface area contributed by atoms with Gasteiger partial charge in [-0.2, -0.15) is 0 Å². The Morgan fingerprint density at radius 3 is 2.76 bits per heavy atom. The lowest BCUT2D eigenvalue weighted by Crippen LogP contribution is -2.57. The van der Waals surface area contributed by atoms with E-state index >= 15 is 0 Å². The van der Waals surface area contributed by atoms with E-state index in [-0.39, 0.29) is 12.3 Å². The van der Waals surface area contributed by atoms with Gasteiger partial charge < -0.3 is 10.6 Å². The molecule has 0 spiro atoms. The molecule has 3 N–H and O–H groups in total. The normalized spacial score (nSPS) is 21.5. The molecule has 0 aromatic heterocycles. The standard InChI is InChI=1S/C14H16ClN3O3/c1-7-3-4-9(15)5-11(7)17-12(19)6-10-8(2)16-14(21)18-13(10)20/h3-5,8,10H,6H2,1-2H3,(H,17,19)(H2,16,18,20,21). The quantitative estimate of drug-likeness (QED) is 0.796. The fraction of sp³-hybridized carbons (Fsp3) is 0.357. The second kappa shape index (κ2) is 6.13. The van der Waals surface area contributed by atoms with Crippen molar-refractivity contribution in [1.82, 2.24) is 10.6 Å². The van der Waals surface area contributed by atoms with Crippen LogP contribution in [-0.2, 0) is 9.59 Å². The van der Waals surface area contributed by atoms with Crippen LogP contribution >= 0.6 is 11.6 Å². The molecule has 1 aliphatic heterocycles. The highest BCUT2D eigenvalue weighted by Gasteiger charge is 2.34. The molecule has 1 aliphatic rings. The number of carbonyl (C=O) groups excluding carboxylic acids is 3. The van der Waals surface area contributed by atoms with Crippen molar-refractivity contribution in [3.05, 3.63) is 28.8 Å². The Morgan fingerprint density at radius 2 is 2.10 bits per heavy atom. The molecule has 1 fully saturated rings. The van der Waals surface area contributed by atoms with Crippen LogP contribution in [0.1, 0.15) is 18.9 Å². The monoisotopic (exact) mass is 309 g/mol. The third kappa shape index (κ3) is 3.72. The first-order valence-corrected chi connectivity index (χ1v) is 6.92. The molecule has 0 radical (unpaired) electrons. The molecule has 1 heterocycles. The van der Waals surface area contributed by atoms with E-state index in [0.717, 1.165) is 5.56 Å². The summed E-state index contributed by atoms with van der Waals surface area (Å²) < 4.78 is 0. The van der Waals surface area contributed by atoms with Crippen LogP contribution in [0.15, 0.2) is 18.2 Å². The number of rotatable bonds is 3. The van der Waals surface area contributed by atoms with Crippen molar-refractivity contribution in [3.63, 3.8) is 0 Å². The number of amides is 4. The highest BCUT2D eigenvalue weighted by Crippen LogP contribution is 2.21. The highest BCUT2D eigenvalue weighted by molar-refractivity contribution is 6.31. The van der Waals surface area contributed by atoms with Crippen LogP contribution in [0.25, 0.3) is 0 Å². The lowest BCUT2D eigenvalue weighted by molar-refractivity contribution is -0.129. The number of aryl methyl sites for hydroxylation is 1. The molecule has 2 atom stereocenters. The maximum atomic E-state index is 12.1. The summed E-state index contributed by atoms with van der Waals surface area (Å²) >= 11 is 5.89. The van der Waals surface area contributed by atoms with Crippen molar-refractivity contribution in [3.8, 4) is 0 Å². The van der Waals surface area contributed by atoms with Gasteiger partial charge in [-0.15, -0.1) is 0 Å². The molecule has 1 saturated heterocycles. The van der Waals surface area contributed by atoms with E-state index in [1.807, 2.05) is 6.92 Å². The van der Waals surface area contributed by atoms with E-state index in [4.69, 9.17) is 11.6 Å². The minimum absolute atomic E-state index is 0.0146. The first-order chi connectivity index (χ1) is 9.86. The number of imide groups is 1. The van der Waals surface area contributed by atoms with E-state index < -0.39 is 23.9 Å². The molecule has 112 valence electrons. The smallest absolute Gasteiger partial charge is 0.321 e. The van der Waals surface area contributed by atoms with E-state index in [9.17, 15) is 14.4 Å². The first-order valence-electron chi connectivity index (χ1n) is 6.54. The molecule has 0 saturated carbocycles. The zero-order valence-electron chi connectivity index (χ0n) is 11.7. The van der Waals surface area contributed by atoms with Gasteiger partial charge in [0.05, 0.1) is 5.92 Å². The number of halogens is 1. The Morgan fingerprint density at radius 1 is 1.38 bits per heavy atom. The Hall–Kier alpha value is -2.08. The van der Waals surface area contributed by atoms with E-state index in [2.05, 4.69) is 16.0 Å². The van der Waals surface area contributed by atoms with Crippen LogP contribution in [-0.4, -0.2) is 23.9 Å². The van der Waals surface area contributed by atoms with Gasteiger partial charge in [0.25, 0.3) is 0 Å². The number of nitrogens with one attached hydrogen (secondary N) is 3. The molecular weight excluding hydrogens is 294 g/mol. The minimum Gasteiger partial charge on any atom is -0.335 e. The van der Waals surface area contributed by atoms with Gasteiger partial charge in [-0.25, -0.2) is 4.79 Å². The van der Waals surface area contributed by atoms with E-state index in [1.165, 1.54) is 0 Å². The third-order valence-corrected chi connectivity index (χ3v) is 3.65. The Balaban J connectivity index is 2.03. The second-order valence-corrected chi connectivity index (χ2v) is 5.51. The van der Waals surface area contributed by atoms with Crippen LogP contribution < -0.4 is 16.0 Å². The van der Waals surface area contributed by atoms with Gasteiger partial charge in [0.1, 0.15) is 0 Å². The summed E-state index contributed by atoms with van der Waals surface area (Å²) in [5.74, 6) is -1.34. The van der Waals surface area contributed by atoms with E-state index in [0.29, 0.717) is 10.7 Å². The van der Waals surface area contributed by atoms with Crippen molar-refractivity contribution >= 4 is 35.1 Å². The first kappa shape index (κ1) is 15.3. The van der Waals surface area contributed by atoms with Crippen molar-refractivity contribution in [2.45, 2.75) is 26.3 Å². The van der Waals surface area contributed by atoms with Crippen LogP contribution in [0.5, 0.6) is 0 Å². The number of anilines is 1. The van der Waals surface area contributed by atoms with Gasteiger partial charge in [0.15, 0.2) is 0 Å². The SMILES string of the molecule is Cc1ccc(Cl)cc1NC(=O)CC1C(=O)NC(=O)NC1C. The topological polar surface area (TPSA) is 87.3 Å². The van der Waals surface area contributed by atoms with E-state index in [1.54, 1.807) is 25.1 Å². The number of benzene rings is 1. The minimum atomic E-state index is -0.595. The van der Waals surface area contributed by atoms with Crippen LogP contribution in [0.3, 0.4) is 0 Å². The van der Waals surface area contributed by atoms with Crippen LogP contribution in [0.2, 0.25) is 5.02 Å². The Kier molecular flexibility index (Phi) is 4.47. The molecule has 0 aliphatic carbocycles. The summed E-state index contributed by atoms with van der Waals surface area (Å²) in [6.07, 6.45) is -0.0146. The zero-order chi connectivity index (χ0) is 15.6. The molecule has 7 heteroatoms. The molecule has 6 nitrogen and oxygen atoms in total. The molecule has 2 rings (SSSR count). The van der Waals surface area contributed by atoms with Gasteiger partial charge in [0.2, 0.25) is 11.8 Å². The predicted molar refractivity (Wildman–Crippen MR) is 79.1 cm³/mol. The molecule has 0 bridgehead atoms.